The molecule has 2 nitrogen and oxygen atoms in total. The first-order chi connectivity index (χ1) is 5.66. The van der Waals surface area contributed by atoms with E-state index in [9.17, 15) is 0 Å². The maximum absolute atomic E-state index is 8.53. The van der Waals surface area contributed by atoms with Gasteiger partial charge >= 0.3 is 0 Å². The van der Waals surface area contributed by atoms with Crippen LogP contribution < -0.4 is 5.73 Å². The van der Waals surface area contributed by atoms with Gasteiger partial charge in [-0.25, -0.2) is 0 Å². The zero-order valence-electron chi connectivity index (χ0n) is 7.09. The summed E-state index contributed by atoms with van der Waals surface area (Å²) in [4.78, 5) is 0.984. The molecule has 0 spiro atoms. The minimum absolute atomic E-state index is 0.748. The number of benzene rings is 1. The number of anilines is 1. The number of nitrogen functional groups attached to an aromatic ring is 1. The van der Waals surface area contributed by atoms with E-state index >= 15 is 0 Å². The number of thiocyanates is 1. The summed E-state index contributed by atoms with van der Waals surface area (Å²) in [5.74, 6) is 0. The molecule has 0 aliphatic heterocycles. The highest BCUT2D eigenvalue weighted by Crippen LogP contribution is 2.28. The maximum Gasteiger partial charge on any atom is 0.138 e. The van der Waals surface area contributed by atoms with E-state index in [1.807, 2.05) is 26.0 Å². The number of nitrogens with zero attached hydrogens (tertiary/aromatic N) is 1. The molecule has 0 bridgehead atoms. The fourth-order valence-corrected chi connectivity index (χ4v) is 1.64. The quantitative estimate of drug-likeness (QED) is 0.408. The van der Waals surface area contributed by atoms with Crippen LogP contribution in [-0.2, 0) is 0 Å². The second-order valence-corrected chi connectivity index (χ2v) is 3.41. The third-order valence-electron chi connectivity index (χ3n) is 1.79. The molecule has 3 heteroatoms. The molecule has 0 aromatic heterocycles. The van der Waals surface area contributed by atoms with Crippen molar-refractivity contribution >= 4 is 17.4 Å². The molecule has 0 saturated heterocycles. The summed E-state index contributed by atoms with van der Waals surface area (Å²) >= 11 is 1.17. The van der Waals surface area contributed by atoms with Crippen LogP contribution in [0, 0.1) is 24.5 Å². The fraction of sp³-hybridized carbons (Fsp3) is 0.222. The van der Waals surface area contributed by atoms with E-state index in [-0.39, 0.29) is 0 Å². The lowest BCUT2D eigenvalue weighted by Crippen LogP contribution is -1.92. The lowest BCUT2D eigenvalue weighted by Gasteiger charge is -2.06. The summed E-state index contributed by atoms with van der Waals surface area (Å²) < 4.78 is 0. The van der Waals surface area contributed by atoms with Gasteiger partial charge in [0.15, 0.2) is 0 Å². The molecule has 1 rings (SSSR count). The molecule has 1 aromatic rings. The summed E-state index contributed by atoms with van der Waals surface area (Å²) in [6.45, 7) is 3.91. The van der Waals surface area contributed by atoms with E-state index in [0.717, 1.165) is 21.7 Å². The Kier molecular flexibility index (Phi) is 2.61. The standard InChI is InChI=1S/C9H10N2S/c1-6-3-4-8(11)7(2)9(6)12-5-10/h3-4H,11H2,1-2H3. The largest absolute Gasteiger partial charge is 0.398 e. The normalized spacial score (nSPS) is 9.42. The van der Waals surface area contributed by atoms with Gasteiger partial charge in [0.25, 0.3) is 0 Å². The Morgan fingerprint density at radius 1 is 1.42 bits per heavy atom. The van der Waals surface area contributed by atoms with Crippen LogP contribution in [-0.4, -0.2) is 0 Å². The molecule has 0 atom stereocenters. The summed E-state index contributed by atoms with van der Waals surface area (Å²) in [6, 6.07) is 3.80. The van der Waals surface area contributed by atoms with Crippen molar-refractivity contribution < 1.29 is 0 Å². The maximum atomic E-state index is 8.53. The number of rotatable bonds is 1. The van der Waals surface area contributed by atoms with E-state index < -0.39 is 0 Å². The number of hydrogen-bond acceptors (Lipinski definition) is 3. The lowest BCUT2D eigenvalue weighted by molar-refractivity contribution is 1.23. The first-order valence-electron chi connectivity index (χ1n) is 3.58. The molecule has 0 unspecified atom stereocenters. The highest BCUT2D eigenvalue weighted by atomic mass is 32.2. The van der Waals surface area contributed by atoms with Crippen molar-refractivity contribution in [1.29, 1.82) is 5.26 Å². The van der Waals surface area contributed by atoms with Crippen molar-refractivity contribution in [1.82, 2.24) is 0 Å². The van der Waals surface area contributed by atoms with Gasteiger partial charge in [0.05, 0.1) is 0 Å². The van der Waals surface area contributed by atoms with Crippen LogP contribution in [0.2, 0.25) is 0 Å². The first-order valence-corrected chi connectivity index (χ1v) is 4.40. The summed E-state index contributed by atoms with van der Waals surface area (Å²) in [6.07, 6.45) is 0. The van der Waals surface area contributed by atoms with Gasteiger partial charge < -0.3 is 5.73 Å². The lowest BCUT2D eigenvalue weighted by atomic mass is 10.1. The van der Waals surface area contributed by atoms with Crippen LogP contribution in [0.3, 0.4) is 0 Å². The van der Waals surface area contributed by atoms with Crippen LogP contribution in [0.15, 0.2) is 17.0 Å². The van der Waals surface area contributed by atoms with Crippen molar-refractivity contribution in [3.63, 3.8) is 0 Å². The molecule has 12 heavy (non-hydrogen) atoms. The van der Waals surface area contributed by atoms with Gasteiger partial charge in [0, 0.05) is 10.6 Å². The van der Waals surface area contributed by atoms with Crippen LogP contribution in [0.25, 0.3) is 0 Å². The van der Waals surface area contributed by atoms with Crippen LogP contribution in [0.5, 0.6) is 0 Å². The van der Waals surface area contributed by atoms with E-state index in [1.54, 1.807) is 0 Å². The van der Waals surface area contributed by atoms with Crippen molar-refractivity contribution in [2.45, 2.75) is 18.7 Å². The van der Waals surface area contributed by atoms with Crippen LogP contribution in [0.4, 0.5) is 5.69 Å². The van der Waals surface area contributed by atoms with Crippen LogP contribution >= 0.6 is 11.8 Å². The summed E-state index contributed by atoms with van der Waals surface area (Å²) in [5.41, 5.74) is 8.55. The first kappa shape index (κ1) is 8.95. The molecule has 1 aromatic carbocycles. The monoisotopic (exact) mass is 178 g/mol. The number of nitrogens with two attached hydrogens (primary N) is 1. The highest BCUT2D eigenvalue weighted by molar-refractivity contribution is 8.03. The number of thioether (sulfide) groups is 1. The predicted octanol–water partition coefficient (Wildman–Crippen LogP) is 2.46. The molecule has 0 radical (unpaired) electrons. The third kappa shape index (κ3) is 1.54. The third-order valence-corrected chi connectivity index (χ3v) is 2.72. The smallest absolute Gasteiger partial charge is 0.138 e. The minimum atomic E-state index is 0.748. The number of hydrogen-bond donors (Lipinski definition) is 1. The molecular weight excluding hydrogens is 168 g/mol. The van der Waals surface area contributed by atoms with Gasteiger partial charge in [-0.1, -0.05) is 6.07 Å². The minimum Gasteiger partial charge on any atom is -0.398 e. The number of nitriles is 1. The van der Waals surface area contributed by atoms with Crippen molar-refractivity contribution in [3.8, 4) is 5.40 Å². The highest BCUT2D eigenvalue weighted by Gasteiger charge is 2.04. The van der Waals surface area contributed by atoms with E-state index in [4.69, 9.17) is 11.0 Å². The Morgan fingerprint density at radius 3 is 2.67 bits per heavy atom. The Balaban J connectivity index is 3.25. The molecule has 62 valence electrons. The van der Waals surface area contributed by atoms with E-state index in [1.165, 1.54) is 11.8 Å². The average Bonchev–Trinajstić information content (AvgIpc) is 2.06. The van der Waals surface area contributed by atoms with Gasteiger partial charge in [-0.3, -0.25) is 0 Å². The van der Waals surface area contributed by atoms with Gasteiger partial charge in [-0.05, 0) is 42.8 Å². The Bertz CT molecular complexity index is 339. The molecule has 0 heterocycles. The summed E-state index contributed by atoms with van der Waals surface area (Å²) in [7, 11) is 0. The van der Waals surface area contributed by atoms with Crippen molar-refractivity contribution in [2.24, 2.45) is 0 Å². The molecule has 2 N–H and O–H groups in total. The van der Waals surface area contributed by atoms with Gasteiger partial charge in [0.2, 0.25) is 0 Å². The molecule has 0 aliphatic rings. The zero-order chi connectivity index (χ0) is 9.14. The molecule has 0 aliphatic carbocycles. The SMILES string of the molecule is Cc1ccc(N)c(C)c1SC#N. The van der Waals surface area contributed by atoms with E-state index in [2.05, 4.69) is 5.40 Å². The topological polar surface area (TPSA) is 49.8 Å². The zero-order valence-corrected chi connectivity index (χ0v) is 7.90. The average molecular weight is 178 g/mol. The Morgan fingerprint density at radius 2 is 2.08 bits per heavy atom. The van der Waals surface area contributed by atoms with E-state index in [0.29, 0.717) is 0 Å². The van der Waals surface area contributed by atoms with Crippen molar-refractivity contribution in [3.05, 3.63) is 23.3 Å². The summed E-state index contributed by atoms with van der Waals surface area (Å²) in [5, 5.41) is 10.6. The van der Waals surface area contributed by atoms with Gasteiger partial charge in [-0.15, -0.1) is 0 Å². The molecule has 0 amide bonds. The van der Waals surface area contributed by atoms with Gasteiger partial charge in [-0.2, -0.15) is 5.26 Å². The predicted molar refractivity (Wildman–Crippen MR) is 51.8 cm³/mol. The Hall–Kier alpha value is -1.14. The number of aryl methyl sites for hydroxylation is 1. The molecule has 0 saturated carbocycles. The van der Waals surface area contributed by atoms with Crippen LogP contribution in [0.1, 0.15) is 11.1 Å². The second-order valence-electron chi connectivity index (χ2n) is 2.62. The van der Waals surface area contributed by atoms with Gasteiger partial charge in [0.1, 0.15) is 5.40 Å². The van der Waals surface area contributed by atoms with Crippen molar-refractivity contribution in [2.75, 3.05) is 5.73 Å². The molecule has 0 fully saturated rings. The Labute approximate surface area is 76.4 Å². The molecular formula is C9H10N2S. The second kappa shape index (κ2) is 3.51. The fourth-order valence-electron chi connectivity index (χ4n) is 1.04.